The van der Waals surface area contributed by atoms with Crippen LogP contribution in [0.15, 0.2) is 24.3 Å². The first-order chi connectivity index (χ1) is 7.99. The van der Waals surface area contributed by atoms with E-state index in [-0.39, 0.29) is 5.54 Å². The second kappa shape index (κ2) is 6.39. The van der Waals surface area contributed by atoms with Gasteiger partial charge in [0, 0.05) is 23.1 Å². The van der Waals surface area contributed by atoms with Crippen molar-refractivity contribution in [1.82, 2.24) is 5.32 Å². The standard InChI is InChI=1S/C14H23ClN2/c1-4-11(2)17-14(3,10-16)9-12-5-7-13(15)8-6-12/h5-8,11,17H,4,9-10,16H2,1-3H3. The number of nitrogens with one attached hydrogen (secondary N) is 1. The largest absolute Gasteiger partial charge is 0.329 e. The maximum atomic E-state index is 5.90. The highest BCUT2D eigenvalue weighted by atomic mass is 35.5. The van der Waals surface area contributed by atoms with E-state index in [1.54, 1.807) is 0 Å². The lowest BCUT2D eigenvalue weighted by atomic mass is 9.91. The van der Waals surface area contributed by atoms with Crippen LogP contribution in [0.1, 0.15) is 32.8 Å². The Morgan fingerprint density at radius 2 is 1.94 bits per heavy atom. The van der Waals surface area contributed by atoms with Gasteiger partial charge in [0.2, 0.25) is 0 Å². The van der Waals surface area contributed by atoms with Crippen LogP contribution in [0.2, 0.25) is 5.02 Å². The lowest BCUT2D eigenvalue weighted by molar-refractivity contribution is 0.317. The first kappa shape index (κ1) is 14.5. The molecule has 2 unspecified atom stereocenters. The number of nitrogens with two attached hydrogens (primary N) is 1. The van der Waals surface area contributed by atoms with Crippen molar-refractivity contribution in [2.45, 2.75) is 45.2 Å². The third-order valence-corrected chi connectivity index (χ3v) is 3.42. The quantitative estimate of drug-likeness (QED) is 0.819. The van der Waals surface area contributed by atoms with Crippen molar-refractivity contribution in [3.63, 3.8) is 0 Å². The zero-order chi connectivity index (χ0) is 12.9. The fourth-order valence-electron chi connectivity index (χ4n) is 1.93. The number of halogens is 1. The van der Waals surface area contributed by atoms with Crippen LogP contribution in [0, 0.1) is 0 Å². The van der Waals surface area contributed by atoms with Crippen LogP contribution in [-0.2, 0) is 6.42 Å². The average Bonchev–Trinajstić information content (AvgIpc) is 2.32. The van der Waals surface area contributed by atoms with E-state index in [9.17, 15) is 0 Å². The van der Waals surface area contributed by atoms with Crippen LogP contribution in [0.4, 0.5) is 0 Å². The van der Waals surface area contributed by atoms with Gasteiger partial charge in [0.05, 0.1) is 0 Å². The van der Waals surface area contributed by atoms with Crippen molar-refractivity contribution in [2.75, 3.05) is 6.54 Å². The number of rotatable bonds is 6. The molecule has 3 N–H and O–H groups in total. The molecular weight excluding hydrogens is 232 g/mol. The minimum Gasteiger partial charge on any atom is -0.329 e. The summed E-state index contributed by atoms with van der Waals surface area (Å²) in [5.74, 6) is 0. The predicted molar refractivity (Wildman–Crippen MR) is 75.5 cm³/mol. The summed E-state index contributed by atoms with van der Waals surface area (Å²) in [5, 5.41) is 4.37. The Bertz CT molecular complexity index is 337. The molecule has 1 aromatic rings. The molecule has 0 amide bonds. The van der Waals surface area contributed by atoms with Crippen LogP contribution < -0.4 is 11.1 Å². The third-order valence-electron chi connectivity index (χ3n) is 3.17. The first-order valence-corrected chi connectivity index (χ1v) is 6.59. The van der Waals surface area contributed by atoms with E-state index in [1.807, 2.05) is 12.1 Å². The fourth-order valence-corrected chi connectivity index (χ4v) is 2.06. The molecule has 96 valence electrons. The van der Waals surface area contributed by atoms with Gasteiger partial charge in [-0.25, -0.2) is 0 Å². The van der Waals surface area contributed by atoms with E-state index in [1.165, 1.54) is 5.56 Å². The van der Waals surface area contributed by atoms with E-state index in [0.29, 0.717) is 12.6 Å². The first-order valence-electron chi connectivity index (χ1n) is 6.21. The molecule has 0 aliphatic heterocycles. The summed E-state index contributed by atoms with van der Waals surface area (Å²) in [7, 11) is 0. The molecule has 2 nitrogen and oxygen atoms in total. The molecule has 0 heterocycles. The highest BCUT2D eigenvalue weighted by Crippen LogP contribution is 2.16. The van der Waals surface area contributed by atoms with Gasteiger partial charge in [0.1, 0.15) is 0 Å². The van der Waals surface area contributed by atoms with Gasteiger partial charge in [0.15, 0.2) is 0 Å². The van der Waals surface area contributed by atoms with Gasteiger partial charge in [-0.05, 0) is 44.4 Å². The van der Waals surface area contributed by atoms with Crippen molar-refractivity contribution >= 4 is 11.6 Å². The summed E-state index contributed by atoms with van der Waals surface area (Å²) in [4.78, 5) is 0. The van der Waals surface area contributed by atoms with Gasteiger partial charge in [-0.15, -0.1) is 0 Å². The normalized spacial score (nSPS) is 16.5. The molecule has 0 fully saturated rings. The molecule has 2 atom stereocenters. The molecule has 0 radical (unpaired) electrons. The van der Waals surface area contributed by atoms with Crippen molar-refractivity contribution < 1.29 is 0 Å². The number of hydrogen-bond acceptors (Lipinski definition) is 2. The van der Waals surface area contributed by atoms with Gasteiger partial charge in [-0.3, -0.25) is 0 Å². The summed E-state index contributed by atoms with van der Waals surface area (Å²) in [6.07, 6.45) is 2.03. The maximum Gasteiger partial charge on any atom is 0.0406 e. The summed E-state index contributed by atoms with van der Waals surface area (Å²) in [5.41, 5.74) is 7.11. The molecule has 0 saturated carbocycles. The van der Waals surface area contributed by atoms with Crippen LogP contribution in [0.5, 0.6) is 0 Å². The monoisotopic (exact) mass is 254 g/mol. The SMILES string of the molecule is CCC(C)NC(C)(CN)Cc1ccc(Cl)cc1. The highest BCUT2D eigenvalue weighted by molar-refractivity contribution is 6.30. The summed E-state index contributed by atoms with van der Waals surface area (Å²) >= 11 is 5.88. The summed E-state index contributed by atoms with van der Waals surface area (Å²) in [6.45, 7) is 7.17. The van der Waals surface area contributed by atoms with E-state index in [2.05, 4.69) is 38.2 Å². The molecule has 0 bridgehead atoms. The van der Waals surface area contributed by atoms with E-state index in [4.69, 9.17) is 17.3 Å². The van der Waals surface area contributed by atoms with Crippen LogP contribution in [-0.4, -0.2) is 18.1 Å². The smallest absolute Gasteiger partial charge is 0.0406 e. The van der Waals surface area contributed by atoms with Crippen molar-refractivity contribution in [1.29, 1.82) is 0 Å². The fraction of sp³-hybridized carbons (Fsp3) is 0.571. The Hall–Kier alpha value is -0.570. The third kappa shape index (κ3) is 4.66. The lowest BCUT2D eigenvalue weighted by Crippen LogP contribution is -2.53. The number of benzene rings is 1. The Morgan fingerprint density at radius 3 is 2.41 bits per heavy atom. The second-order valence-corrected chi connectivity index (χ2v) is 5.46. The van der Waals surface area contributed by atoms with Crippen LogP contribution in [0.25, 0.3) is 0 Å². The van der Waals surface area contributed by atoms with Gasteiger partial charge < -0.3 is 11.1 Å². The van der Waals surface area contributed by atoms with E-state index in [0.717, 1.165) is 17.9 Å². The Labute approximate surface area is 110 Å². The van der Waals surface area contributed by atoms with E-state index >= 15 is 0 Å². The van der Waals surface area contributed by atoms with Crippen LogP contribution >= 0.6 is 11.6 Å². The highest BCUT2D eigenvalue weighted by Gasteiger charge is 2.23. The second-order valence-electron chi connectivity index (χ2n) is 5.02. The average molecular weight is 255 g/mol. The Balaban J connectivity index is 2.70. The molecule has 0 aliphatic carbocycles. The topological polar surface area (TPSA) is 38.0 Å². The van der Waals surface area contributed by atoms with Crippen molar-refractivity contribution in [3.8, 4) is 0 Å². The lowest BCUT2D eigenvalue weighted by Gasteiger charge is -2.33. The Morgan fingerprint density at radius 1 is 1.35 bits per heavy atom. The zero-order valence-electron chi connectivity index (χ0n) is 11.0. The summed E-state index contributed by atoms with van der Waals surface area (Å²) < 4.78 is 0. The molecule has 0 saturated heterocycles. The van der Waals surface area contributed by atoms with Crippen molar-refractivity contribution in [2.24, 2.45) is 5.73 Å². The van der Waals surface area contributed by atoms with Gasteiger partial charge in [0.25, 0.3) is 0 Å². The molecule has 17 heavy (non-hydrogen) atoms. The van der Waals surface area contributed by atoms with Gasteiger partial charge >= 0.3 is 0 Å². The predicted octanol–water partition coefficient (Wildman–Crippen LogP) is 2.99. The molecule has 1 aromatic carbocycles. The molecular formula is C14H23ClN2. The molecule has 3 heteroatoms. The van der Waals surface area contributed by atoms with E-state index < -0.39 is 0 Å². The van der Waals surface area contributed by atoms with Crippen LogP contribution in [0.3, 0.4) is 0 Å². The molecule has 1 rings (SSSR count). The molecule has 0 aromatic heterocycles. The van der Waals surface area contributed by atoms with Gasteiger partial charge in [-0.2, -0.15) is 0 Å². The minimum atomic E-state index is -0.0523. The molecule has 0 aliphatic rings. The minimum absolute atomic E-state index is 0.0523. The van der Waals surface area contributed by atoms with Gasteiger partial charge in [-0.1, -0.05) is 30.7 Å². The number of hydrogen-bond donors (Lipinski definition) is 2. The maximum absolute atomic E-state index is 5.90. The zero-order valence-corrected chi connectivity index (χ0v) is 11.7. The molecule has 0 spiro atoms. The Kier molecular flexibility index (Phi) is 5.44. The summed E-state index contributed by atoms with van der Waals surface area (Å²) in [6, 6.07) is 8.47. The van der Waals surface area contributed by atoms with Crippen molar-refractivity contribution in [3.05, 3.63) is 34.9 Å².